The van der Waals surface area contributed by atoms with E-state index in [0.29, 0.717) is 26.2 Å². The number of rotatable bonds is 4. The molecule has 0 saturated carbocycles. The zero-order chi connectivity index (χ0) is 21.0. The van der Waals surface area contributed by atoms with Gasteiger partial charge >= 0.3 is 6.18 Å². The summed E-state index contributed by atoms with van der Waals surface area (Å²) in [5, 5.41) is 0.0639. The van der Waals surface area contributed by atoms with E-state index in [2.05, 4.69) is 15.9 Å². The highest BCUT2D eigenvalue weighted by Crippen LogP contribution is 2.34. The Hall–Kier alpha value is -1.83. The third-order valence-electron chi connectivity index (χ3n) is 4.74. The number of benzene rings is 2. The monoisotopic (exact) mass is 486 g/mol. The Balaban J connectivity index is 1.57. The van der Waals surface area contributed by atoms with Crippen molar-refractivity contribution in [2.45, 2.75) is 12.7 Å². The summed E-state index contributed by atoms with van der Waals surface area (Å²) in [6.45, 7) is 2.13. The van der Waals surface area contributed by atoms with Crippen LogP contribution in [0.2, 0.25) is 5.02 Å². The van der Waals surface area contributed by atoms with E-state index in [0.717, 1.165) is 16.1 Å². The van der Waals surface area contributed by atoms with Crippen molar-refractivity contribution < 1.29 is 18.0 Å². The number of hydrogen-bond acceptors (Lipinski definition) is 2. The fraction of sp³-hybridized carbons (Fsp3) is 0.286. The largest absolute Gasteiger partial charge is 0.416 e. The van der Waals surface area contributed by atoms with Gasteiger partial charge in [0.15, 0.2) is 0 Å². The molecule has 1 amide bonds. The summed E-state index contributed by atoms with van der Waals surface area (Å²) in [7, 11) is 0. The second-order valence-corrected chi connectivity index (χ2v) is 8.14. The van der Waals surface area contributed by atoms with Gasteiger partial charge in [0.2, 0.25) is 5.91 Å². The molecule has 2 aromatic rings. The van der Waals surface area contributed by atoms with E-state index in [1.54, 1.807) is 11.0 Å². The topological polar surface area (TPSA) is 23.6 Å². The average molecular weight is 488 g/mol. The molecule has 8 heteroatoms. The van der Waals surface area contributed by atoms with Gasteiger partial charge in [-0.3, -0.25) is 9.69 Å². The molecule has 154 valence electrons. The minimum Gasteiger partial charge on any atom is -0.337 e. The summed E-state index contributed by atoms with van der Waals surface area (Å²) in [5.41, 5.74) is 0.403. The summed E-state index contributed by atoms with van der Waals surface area (Å²) in [5.74, 6) is -0.102. The van der Waals surface area contributed by atoms with Gasteiger partial charge in [0.25, 0.3) is 0 Å². The highest BCUT2D eigenvalue weighted by Gasteiger charge is 2.34. The van der Waals surface area contributed by atoms with Gasteiger partial charge < -0.3 is 4.90 Å². The predicted molar refractivity (Wildman–Crippen MR) is 111 cm³/mol. The van der Waals surface area contributed by atoms with Crippen LogP contribution < -0.4 is 0 Å². The van der Waals surface area contributed by atoms with Crippen molar-refractivity contribution in [2.75, 3.05) is 26.2 Å². The van der Waals surface area contributed by atoms with Crippen molar-refractivity contribution in [2.24, 2.45) is 0 Å². The molecule has 1 aliphatic heterocycles. The van der Waals surface area contributed by atoms with Crippen molar-refractivity contribution in [3.05, 3.63) is 74.7 Å². The molecule has 3 rings (SSSR count). The van der Waals surface area contributed by atoms with Gasteiger partial charge in [0.05, 0.1) is 5.56 Å². The normalized spacial score (nSPS) is 15.8. The van der Waals surface area contributed by atoms with E-state index in [1.807, 2.05) is 29.2 Å². The van der Waals surface area contributed by atoms with E-state index in [4.69, 9.17) is 11.6 Å². The number of carbonyl (C=O) groups excluding carboxylic acids is 1. The Morgan fingerprint density at radius 3 is 2.34 bits per heavy atom. The van der Waals surface area contributed by atoms with Gasteiger partial charge in [-0.15, -0.1) is 0 Å². The summed E-state index contributed by atoms with van der Waals surface area (Å²) in [6.07, 6.45) is -1.17. The first kappa shape index (κ1) is 21.9. The lowest BCUT2D eigenvalue weighted by Gasteiger charge is -2.34. The maximum absolute atomic E-state index is 13.3. The van der Waals surface area contributed by atoms with Crippen LogP contribution in [0.4, 0.5) is 13.2 Å². The maximum Gasteiger partial charge on any atom is 0.416 e. The molecule has 2 aromatic carbocycles. The van der Waals surface area contributed by atoms with E-state index < -0.39 is 11.7 Å². The van der Waals surface area contributed by atoms with Gasteiger partial charge in [0.1, 0.15) is 0 Å². The predicted octanol–water partition coefficient (Wildman–Crippen LogP) is 5.48. The SMILES string of the molecule is O=C(C=Cc1ccc(Br)cc1)N1CCN(Cc2ccc(Cl)cc2C(F)(F)F)CC1. The van der Waals surface area contributed by atoms with Crippen LogP contribution in [0.25, 0.3) is 6.08 Å². The zero-order valence-electron chi connectivity index (χ0n) is 15.4. The number of nitrogens with zero attached hydrogens (tertiary/aromatic N) is 2. The van der Waals surface area contributed by atoms with Crippen molar-refractivity contribution >= 4 is 39.5 Å². The van der Waals surface area contributed by atoms with Crippen molar-refractivity contribution in [3.63, 3.8) is 0 Å². The lowest BCUT2D eigenvalue weighted by molar-refractivity contribution is -0.138. The Morgan fingerprint density at radius 2 is 1.72 bits per heavy atom. The van der Waals surface area contributed by atoms with E-state index in [-0.39, 0.29) is 23.0 Å². The second kappa shape index (κ2) is 9.32. The first-order valence-electron chi connectivity index (χ1n) is 9.03. The summed E-state index contributed by atoms with van der Waals surface area (Å²) in [4.78, 5) is 16.0. The van der Waals surface area contributed by atoms with Crippen LogP contribution >= 0.6 is 27.5 Å². The lowest BCUT2D eigenvalue weighted by Crippen LogP contribution is -2.47. The van der Waals surface area contributed by atoms with E-state index in [9.17, 15) is 18.0 Å². The van der Waals surface area contributed by atoms with Gasteiger partial charge in [-0.1, -0.05) is 45.7 Å². The first-order valence-corrected chi connectivity index (χ1v) is 10.2. The van der Waals surface area contributed by atoms with Crippen LogP contribution in [0.5, 0.6) is 0 Å². The molecule has 0 radical (unpaired) electrons. The Labute approximate surface area is 180 Å². The number of carbonyl (C=O) groups is 1. The fourth-order valence-electron chi connectivity index (χ4n) is 3.16. The van der Waals surface area contributed by atoms with Crippen LogP contribution in [-0.4, -0.2) is 41.9 Å². The lowest BCUT2D eigenvalue weighted by atomic mass is 10.1. The standard InChI is InChI=1S/C21H19BrClF3N2O/c22-17-5-1-15(2-6-17)3-8-20(29)28-11-9-27(10-12-28)14-16-4-7-18(23)13-19(16)21(24,25)26/h1-8,13H,9-12,14H2. The van der Waals surface area contributed by atoms with Crippen LogP contribution in [0.1, 0.15) is 16.7 Å². The third kappa shape index (κ3) is 6.07. The molecular formula is C21H19BrClF3N2O. The molecule has 1 saturated heterocycles. The van der Waals surface area contributed by atoms with E-state index in [1.165, 1.54) is 18.2 Å². The quantitative estimate of drug-likeness (QED) is 0.533. The molecule has 0 aliphatic carbocycles. The Morgan fingerprint density at radius 1 is 1.07 bits per heavy atom. The smallest absolute Gasteiger partial charge is 0.337 e. The summed E-state index contributed by atoms with van der Waals surface area (Å²) < 4.78 is 40.7. The summed E-state index contributed by atoms with van der Waals surface area (Å²) in [6, 6.07) is 11.4. The minimum absolute atomic E-state index is 0.0639. The van der Waals surface area contributed by atoms with Crippen molar-refractivity contribution in [1.29, 1.82) is 0 Å². The van der Waals surface area contributed by atoms with Crippen molar-refractivity contribution in [1.82, 2.24) is 9.80 Å². The fourth-order valence-corrected chi connectivity index (χ4v) is 3.60. The molecule has 1 fully saturated rings. The highest BCUT2D eigenvalue weighted by molar-refractivity contribution is 9.10. The molecule has 0 unspecified atom stereocenters. The first-order chi connectivity index (χ1) is 13.7. The minimum atomic E-state index is -4.45. The van der Waals surface area contributed by atoms with Gasteiger partial charge in [-0.05, 0) is 41.5 Å². The van der Waals surface area contributed by atoms with Gasteiger partial charge in [0, 0.05) is 48.3 Å². The number of halogens is 5. The molecular weight excluding hydrogens is 469 g/mol. The highest BCUT2D eigenvalue weighted by atomic mass is 79.9. The van der Waals surface area contributed by atoms with Crippen LogP contribution in [0.3, 0.4) is 0 Å². The zero-order valence-corrected chi connectivity index (χ0v) is 17.8. The third-order valence-corrected chi connectivity index (χ3v) is 5.51. The Kier molecular flexibility index (Phi) is 7.03. The molecule has 0 atom stereocenters. The van der Waals surface area contributed by atoms with Crippen LogP contribution in [0.15, 0.2) is 53.0 Å². The Bertz CT molecular complexity index is 892. The van der Waals surface area contributed by atoms with Crippen LogP contribution in [0, 0.1) is 0 Å². The molecule has 29 heavy (non-hydrogen) atoms. The molecule has 1 aliphatic rings. The molecule has 1 heterocycles. The average Bonchev–Trinajstić information content (AvgIpc) is 2.68. The molecule has 0 N–H and O–H groups in total. The molecule has 0 spiro atoms. The maximum atomic E-state index is 13.3. The van der Waals surface area contributed by atoms with E-state index >= 15 is 0 Å². The number of hydrogen-bond donors (Lipinski definition) is 0. The molecule has 0 aromatic heterocycles. The second-order valence-electron chi connectivity index (χ2n) is 6.79. The summed E-state index contributed by atoms with van der Waals surface area (Å²) >= 11 is 9.10. The number of alkyl halides is 3. The number of amides is 1. The number of piperazine rings is 1. The van der Waals surface area contributed by atoms with Crippen molar-refractivity contribution in [3.8, 4) is 0 Å². The van der Waals surface area contributed by atoms with Gasteiger partial charge in [-0.25, -0.2) is 0 Å². The van der Waals surface area contributed by atoms with Crippen LogP contribution in [-0.2, 0) is 17.5 Å². The molecule has 0 bridgehead atoms. The van der Waals surface area contributed by atoms with Gasteiger partial charge in [-0.2, -0.15) is 13.2 Å². The molecule has 3 nitrogen and oxygen atoms in total.